The lowest BCUT2D eigenvalue weighted by Gasteiger charge is -2.30. The van der Waals surface area contributed by atoms with E-state index in [4.69, 9.17) is 15.0 Å². The number of carbonyl (C=O) groups excluding carboxylic acids is 1. The molecule has 1 aliphatic rings. The number of rotatable bonds is 4. The molecule has 0 spiro atoms. The average molecular weight is 302 g/mol. The second-order valence-electron chi connectivity index (χ2n) is 5.22. The molecular formula is C15H18N4O3. The maximum atomic E-state index is 12.4. The molecular weight excluding hydrogens is 284 g/mol. The number of hydrogen-bond donors (Lipinski definition) is 1. The number of fused-ring (bicyclic) bond motifs is 1. The number of amides is 1. The lowest BCUT2D eigenvalue weighted by molar-refractivity contribution is -0.123. The number of ether oxygens (including phenoxy) is 1. The minimum Gasteiger partial charge on any atom is -0.398 e. The van der Waals surface area contributed by atoms with Crippen molar-refractivity contribution in [3.05, 3.63) is 35.5 Å². The van der Waals surface area contributed by atoms with E-state index in [1.54, 1.807) is 11.8 Å². The zero-order chi connectivity index (χ0) is 15.5. The highest BCUT2D eigenvalue weighted by Crippen LogP contribution is 2.31. The first-order valence-corrected chi connectivity index (χ1v) is 7.20. The molecule has 0 radical (unpaired) electrons. The second-order valence-corrected chi connectivity index (χ2v) is 5.22. The second kappa shape index (κ2) is 6.15. The maximum Gasteiger partial charge on any atom is 0.253 e. The SMILES string of the molecule is Cc1noc(COCC(=O)N2CCCc3c(N)cccc32)n1. The summed E-state index contributed by atoms with van der Waals surface area (Å²) in [7, 11) is 0. The summed E-state index contributed by atoms with van der Waals surface area (Å²) in [5.41, 5.74) is 8.64. The van der Waals surface area contributed by atoms with Gasteiger partial charge in [-0.15, -0.1) is 0 Å². The zero-order valence-electron chi connectivity index (χ0n) is 12.4. The van der Waals surface area contributed by atoms with E-state index in [1.807, 2.05) is 18.2 Å². The number of carbonyl (C=O) groups is 1. The van der Waals surface area contributed by atoms with Crippen molar-refractivity contribution in [2.45, 2.75) is 26.4 Å². The Morgan fingerprint density at radius 3 is 3.14 bits per heavy atom. The first kappa shape index (κ1) is 14.5. The van der Waals surface area contributed by atoms with Crippen LogP contribution in [-0.2, 0) is 22.6 Å². The molecule has 3 rings (SSSR count). The van der Waals surface area contributed by atoms with Crippen LogP contribution in [0.4, 0.5) is 11.4 Å². The molecule has 1 aromatic heterocycles. The van der Waals surface area contributed by atoms with Gasteiger partial charge in [-0.3, -0.25) is 4.79 Å². The summed E-state index contributed by atoms with van der Waals surface area (Å²) >= 11 is 0. The predicted octanol–water partition coefficient (Wildman–Crippen LogP) is 1.46. The smallest absolute Gasteiger partial charge is 0.253 e. The quantitative estimate of drug-likeness (QED) is 0.859. The molecule has 2 N–H and O–H groups in total. The van der Waals surface area contributed by atoms with E-state index >= 15 is 0 Å². The highest BCUT2D eigenvalue weighted by Gasteiger charge is 2.23. The topological polar surface area (TPSA) is 94.5 Å². The Bertz CT molecular complexity index is 683. The van der Waals surface area contributed by atoms with Gasteiger partial charge in [0.05, 0.1) is 0 Å². The van der Waals surface area contributed by atoms with E-state index in [9.17, 15) is 4.79 Å². The van der Waals surface area contributed by atoms with Crippen LogP contribution < -0.4 is 10.6 Å². The van der Waals surface area contributed by atoms with Crippen molar-refractivity contribution in [3.63, 3.8) is 0 Å². The minimum atomic E-state index is -0.0946. The van der Waals surface area contributed by atoms with Gasteiger partial charge in [-0.2, -0.15) is 4.98 Å². The van der Waals surface area contributed by atoms with Crippen LogP contribution in [0.2, 0.25) is 0 Å². The first-order valence-electron chi connectivity index (χ1n) is 7.20. The molecule has 0 saturated heterocycles. The van der Waals surface area contributed by atoms with Crippen LogP contribution in [0.3, 0.4) is 0 Å². The highest BCUT2D eigenvalue weighted by atomic mass is 16.5. The van der Waals surface area contributed by atoms with Gasteiger partial charge in [0.25, 0.3) is 11.8 Å². The van der Waals surface area contributed by atoms with Crippen molar-refractivity contribution >= 4 is 17.3 Å². The van der Waals surface area contributed by atoms with Gasteiger partial charge < -0.3 is 19.9 Å². The fourth-order valence-corrected chi connectivity index (χ4v) is 2.61. The molecule has 0 unspecified atom stereocenters. The van der Waals surface area contributed by atoms with E-state index in [1.165, 1.54) is 0 Å². The Kier molecular flexibility index (Phi) is 4.06. The zero-order valence-corrected chi connectivity index (χ0v) is 12.4. The number of aryl methyl sites for hydroxylation is 1. The van der Waals surface area contributed by atoms with Gasteiger partial charge >= 0.3 is 0 Å². The summed E-state index contributed by atoms with van der Waals surface area (Å²) in [5.74, 6) is 0.821. The molecule has 7 heteroatoms. The Labute approximate surface area is 128 Å². The van der Waals surface area contributed by atoms with Crippen molar-refractivity contribution in [1.82, 2.24) is 10.1 Å². The van der Waals surface area contributed by atoms with Gasteiger partial charge in [0.2, 0.25) is 0 Å². The third-order valence-corrected chi connectivity index (χ3v) is 3.61. The number of aromatic nitrogens is 2. The molecule has 1 amide bonds. The monoisotopic (exact) mass is 302 g/mol. The van der Waals surface area contributed by atoms with Gasteiger partial charge in [-0.1, -0.05) is 11.2 Å². The van der Waals surface area contributed by atoms with Gasteiger partial charge in [-0.05, 0) is 37.5 Å². The van der Waals surface area contributed by atoms with E-state index in [0.29, 0.717) is 18.3 Å². The van der Waals surface area contributed by atoms with Crippen molar-refractivity contribution in [2.75, 3.05) is 23.8 Å². The van der Waals surface area contributed by atoms with Gasteiger partial charge in [0.1, 0.15) is 13.2 Å². The third kappa shape index (κ3) is 2.94. The fourth-order valence-electron chi connectivity index (χ4n) is 2.61. The number of benzene rings is 1. The fraction of sp³-hybridized carbons (Fsp3) is 0.400. The molecule has 0 fully saturated rings. The molecule has 0 aliphatic carbocycles. The number of hydrogen-bond acceptors (Lipinski definition) is 6. The van der Waals surface area contributed by atoms with Crippen LogP contribution >= 0.6 is 0 Å². The van der Waals surface area contributed by atoms with Crippen molar-refractivity contribution in [1.29, 1.82) is 0 Å². The van der Waals surface area contributed by atoms with Crippen LogP contribution in [0.25, 0.3) is 0 Å². The summed E-state index contributed by atoms with van der Waals surface area (Å²) in [6.07, 6.45) is 1.80. The summed E-state index contributed by atoms with van der Waals surface area (Å²) in [4.78, 5) is 18.1. The van der Waals surface area contributed by atoms with Gasteiger partial charge in [-0.25, -0.2) is 0 Å². The van der Waals surface area contributed by atoms with E-state index in [0.717, 1.165) is 29.8 Å². The van der Waals surface area contributed by atoms with Crippen LogP contribution in [0.5, 0.6) is 0 Å². The lowest BCUT2D eigenvalue weighted by Crippen LogP contribution is -2.38. The highest BCUT2D eigenvalue weighted by molar-refractivity contribution is 5.96. The van der Waals surface area contributed by atoms with Crippen molar-refractivity contribution < 1.29 is 14.1 Å². The molecule has 2 aromatic rings. The Morgan fingerprint density at radius 1 is 1.50 bits per heavy atom. The summed E-state index contributed by atoms with van der Waals surface area (Å²) < 4.78 is 10.3. The van der Waals surface area contributed by atoms with Gasteiger partial charge in [0.15, 0.2) is 5.82 Å². The van der Waals surface area contributed by atoms with Crippen molar-refractivity contribution in [3.8, 4) is 0 Å². The Morgan fingerprint density at radius 2 is 2.36 bits per heavy atom. The largest absolute Gasteiger partial charge is 0.398 e. The number of anilines is 2. The van der Waals surface area contributed by atoms with Crippen molar-refractivity contribution in [2.24, 2.45) is 0 Å². The van der Waals surface area contributed by atoms with Crippen LogP contribution in [-0.4, -0.2) is 29.2 Å². The van der Waals surface area contributed by atoms with Crippen LogP contribution in [0.1, 0.15) is 23.7 Å². The summed E-state index contributed by atoms with van der Waals surface area (Å²) in [6.45, 7) is 2.51. The predicted molar refractivity (Wildman–Crippen MR) is 80.2 cm³/mol. The number of nitrogens with two attached hydrogens (primary N) is 1. The lowest BCUT2D eigenvalue weighted by atomic mass is 10.00. The van der Waals surface area contributed by atoms with E-state index < -0.39 is 0 Å². The number of nitrogens with zero attached hydrogens (tertiary/aromatic N) is 3. The molecule has 1 aliphatic heterocycles. The first-order chi connectivity index (χ1) is 10.6. The molecule has 0 saturated carbocycles. The third-order valence-electron chi connectivity index (χ3n) is 3.61. The molecule has 7 nitrogen and oxygen atoms in total. The van der Waals surface area contributed by atoms with Crippen LogP contribution in [0, 0.1) is 6.92 Å². The Hall–Kier alpha value is -2.41. The average Bonchev–Trinajstić information content (AvgIpc) is 2.92. The van der Waals surface area contributed by atoms with Gasteiger partial charge in [0, 0.05) is 17.9 Å². The summed E-state index contributed by atoms with van der Waals surface area (Å²) in [6, 6.07) is 5.65. The molecule has 2 heterocycles. The summed E-state index contributed by atoms with van der Waals surface area (Å²) in [5, 5.41) is 3.67. The van der Waals surface area contributed by atoms with Crippen LogP contribution in [0.15, 0.2) is 22.7 Å². The minimum absolute atomic E-state index is 0.0321. The van der Waals surface area contributed by atoms with E-state index in [-0.39, 0.29) is 19.1 Å². The standard InChI is InChI=1S/C15H18N4O3/c1-10-17-14(22-18-10)8-21-9-15(20)19-7-3-4-11-12(16)5-2-6-13(11)19/h2,5-6H,3-4,7-9,16H2,1H3. The molecule has 0 atom stereocenters. The maximum absolute atomic E-state index is 12.4. The molecule has 1 aromatic carbocycles. The Balaban J connectivity index is 1.63. The van der Waals surface area contributed by atoms with E-state index in [2.05, 4.69) is 10.1 Å². The normalized spacial score (nSPS) is 14.0. The molecule has 116 valence electrons. The number of nitrogen functional groups attached to an aromatic ring is 1. The molecule has 0 bridgehead atoms. The molecule has 22 heavy (non-hydrogen) atoms.